The lowest BCUT2D eigenvalue weighted by Crippen LogP contribution is -2.33. The Kier molecular flexibility index (Phi) is 7.76. The van der Waals surface area contributed by atoms with Crippen LogP contribution in [0, 0.1) is 16.0 Å². The number of nitrogens with one attached hydrogen (secondary N) is 2. The maximum atomic E-state index is 12.8. The van der Waals surface area contributed by atoms with Crippen LogP contribution in [0.15, 0.2) is 60.7 Å². The Morgan fingerprint density at radius 2 is 1.53 bits per heavy atom. The molecule has 186 valence electrons. The number of nitro groups is 1. The summed E-state index contributed by atoms with van der Waals surface area (Å²) < 4.78 is 0. The third-order valence-corrected chi connectivity index (χ3v) is 6.68. The van der Waals surface area contributed by atoms with E-state index in [1.807, 2.05) is 4.90 Å². The Labute approximate surface area is 218 Å². The predicted octanol–water partition coefficient (Wildman–Crippen LogP) is 6.64. The minimum atomic E-state index is -0.471. The molecule has 0 bridgehead atoms. The molecule has 0 spiro atoms. The van der Waals surface area contributed by atoms with Gasteiger partial charge in [-0.2, -0.15) is 0 Å². The molecule has 1 aliphatic heterocycles. The molecule has 1 fully saturated rings. The van der Waals surface area contributed by atoms with Gasteiger partial charge in [0.05, 0.1) is 15.5 Å². The van der Waals surface area contributed by atoms with Gasteiger partial charge in [0.1, 0.15) is 5.69 Å². The van der Waals surface area contributed by atoms with Crippen LogP contribution in [0.5, 0.6) is 0 Å². The number of hydrogen-bond acceptors (Lipinski definition) is 5. The van der Waals surface area contributed by atoms with E-state index in [1.54, 1.807) is 42.5 Å². The fourth-order valence-corrected chi connectivity index (χ4v) is 4.53. The summed E-state index contributed by atoms with van der Waals surface area (Å²) in [6.07, 6.45) is 1.95. The fraction of sp³-hybridized carbons (Fsp3) is 0.231. The third kappa shape index (κ3) is 5.95. The van der Waals surface area contributed by atoms with Gasteiger partial charge in [0, 0.05) is 41.1 Å². The van der Waals surface area contributed by atoms with E-state index in [-0.39, 0.29) is 21.8 Å². The van der Waals surface area contributed by atoms with Crippen LogP contribution in [0.25, 0.3) is 0 Å². The highest BCUT2D eigenvalue weighted by atomic mass is 35.5. The number of amides is 2. The van der Waals surface area contributed by atoms with Crippen molar-refractivity contribution in [1.82, 2.24) is 0 Å². The van der Waals surface area contributed by atoms with Gasteiger partial charge in [-0.3, -0.25) is 19.7 Å². The Hall–Kier alpha value is -3.62. The molecule has 0 aliphatic carbocycles. The standard InChI is InChI=1S/C26H24Cl2N4O4/c1-16-10-12-31(13-11-16)23-9-2-17(14-24(23)32(35)36)25(33)29-19-4-6-20(7-5-19)30-26(34)21-8-3-18(27)15-22(21)28/h2-9,14-16H,10-13H2,1H3,(H,29,33)(H,30,34). The van der Waals surface area contributed by atoms with Crippen molar-refractivity contribution in [3.05, 3.63) is 92.0 Å². The second-order valence-electron chi connectivity index (χ2n) is 8.74. The number of nitro benzene ring substituents is 1. The van der Waals surface area contributed by atoms with Crippen LogP contribution >= 0.6 is 23.2 Å². The van der Waals surface area contributed by atoms with Crippen molar-refractivity contribution < 1.29 is 14.5 Å². The van der Waals surface area contributed by atoms with Crippen LogP contribution in [0.3, 0.4) is 0 Å². The zero-order valence-electron chi connectivity index (χ0n) is 19.5. The lowest BCUT2D eigenvalue weighted by molar-refractivity contribution is -0.384. The van der Waals surface area contributed by atoms with E-state index in [9.17, 15) is 19.7 Å². The molecule has 3 aromatic rings. The molecule has 3 aromatic carbocycles. The highest BCUT2D eigenvalue weighted by Crippen LogP contribution is 2.32. The Bertz CT molecular complexity index is 1310. The summed E-state index contributed by atoms with van der Waals surface area (Å²) in [6, 6.07) is 15.6. The van der Waals surface area contributed by atoms with Crippen molar-refractivity contribution in [1.29, 1.82) is 0 Å². The van der Waals surface area contributed by atoms with E-state index < -0.39 is 16.7 Å². The minimum Gasteiger partial charge on any atom is -0.366 e. The number of nitrogens with zero attached hydrogens (tertiary/aromatic N) is 2. The van der Waals surface area contributed by atoms with Gasteiger partial charge < -0.3 is 15.5 Å². The summed E-state index contributed by atoms with van der Waals surface area (Å²) in [5, 5.41) is 17.9. The molecule has 1 saturated heterocycles. The summed E-state index contributed by atoms with van der Waals surface area (Å²) >= 11 is 12.0. The van der Waals surface area contributed by atoms with E-state index in [0.29, 0.717) is 28.0 Å². The lowest BCUT2D eigenvalue weighted by Gasteiger charge is -2.31. The van der Waals surface area contributed by atoms with Gasteiger partial charge in [0.15, 0.2) is 0 Å². The fourth-order valence-electron chi connectivity index (χ4n) is 4.04. The van der Waals surface area contributed by atoms with Gasteiger partial charge in [0.25, 0.3) is 17.5 Å². The van der Waals surface area contributed by atoms with Crippen molar-refractivity contribution in [2.45, 2.75) is 19.8 Å². The van der Waals surface area contributed by atoms with Crippen LogP contribution in [0.4, 0.5) is 22.7 Å². The van der Waals surface area contributed by atoms with Crippen LogP contribution in [0.1, 0.15) is 40.5 Å². The van der Waals surface area contributed by atoms with Gasteiger partial charge >= 0.3 is 0 Å². The van der Waals surface area contributed by atoms with Crippen molar-refractivity contribution in [3.63, 3.8) is 0 Å². The number of rotatable bonds is 6. The monoisotopic (exact) mass is 526 g/mol. The molecule has 0 unspecified atom stereocenters. The average Bonchev–Trinajstić information content (AvgIpc) is 2.85. The number of carbonyl (C=O) groups excluding carboxylic acids is 2. The second kappa shape index (κ2) is 11.0. The summed E-state index contributed by atoms with van der Waals surface area (Å²) in [7, 11) is 0. The van der Waals surface area contributed by atoms with Gasteiger partial charge in [-0.15, -0.1) is 0 Å². The minimum absolute atomic E-state index is 0.0869. The van der Waals surface area contributed by atoms with Crippen LogP contribution in [0.2, 0.25) is 10.0 Å². The van der Waals surface area contributed by atoms with Crippen LogP contribution < -0.4 is 15.5 Å². The number of anilines is 3. The molecule has 8 nitrogen and oxygen atoms in total. The third-order valence-electron chi connectivity index (χ3n) is 6.14. The molecule has 10 heteroatoms. The molecular weight excluding hydrogens is 503 g/mol. The molecule has 0 saturated carbocycles. The number of hydrogen-bond donors (Lipinski definition) is 2. The summed E-state index contributed by atoms with van der Waals surface area (Å²) in [4.78, 5) is 38.5. The van der Waals surface area contributed by atoms with Crippen molar-refractivity contribution in [3.8, 4) is 0 Å². The SMILES string of the molecule is CC1CCN(c2ccc(C(=O)Nc3ccc(NC(=O)c4ccc(Cl)cc4Cl)cc3)cc2[N+](=O)[O-])CC1. The molecule has 4 rings (SSSR count). The highest BCUT2D eigenvalue weighted by Gasteiger charge is 2.25. The largest absolute Gasteiger partial charge is 0.366 e. The number of benzene rings is 3. The predicted molar refractivity (Wildman–Crippen MR) is 143 cm³/mol. The van der Waals surface area contributed by atoms with Crippen LogP contribution in [-0.4, -0.2) is 29.8 Å². The van der Waals surface area contributed by atoms with E-state index in [1.165, 1.54) is 18.2 Å². The molecule has 1 heterocycles. The molecule has 2 amide bonds. The Morgan fingerprint density at radius 3 is 2.11 bits per heavy atom. The first-order valence-electron chi connectivity index (χ1n) is 11.4. The van der Waals surface area contributed by atoms with Gasteiger partial charge in [-0.25, -0.2) is 0 Å². The molecule has 0 atom stereocenters. The summed E-state index contributed by atoms with van der Waals surface area (Å²) in [5.41, 5.74) is 1.88. The first kappa shape index (κ1) is 25.5. The first-order chi connectivity index (χ1) is 17.2. The normalized spacial score (nSPS) is 13.8. The smallest absolute Gasteiger partial charge is 0.293 e. The maximum Gasteiger partial charge on any atom is 0.293 e. The molecule has 36 heavy (non-hydrogen) atoms. The Balaban J connectivity index is 1.43. The number of halogens is 2. The Morgan fingerprint density at radius 1 is 0.917 bits per heavy atom. The zero-order chi connectivity index (χ0) is 25.8. The van der Waals surface area contributed by atoms with Crippen molar-refractivity contribution in [2.75, 3.05) is 28.6 Å². The van der Waals surface area contributed by atoms with Crippen molar-refractivity contribution >= 4 is 57.8 Å². The van der Waals surface area contributed by atoms with Gasteiger partial charge in [0.2, 0.25) is 0 Å². The topological polar surface area (TPSA) is 105 Å². The molecule has 1 aliphatic rings. The van der Waals surface area contributed by atoms with Gasteiger partial charge in [-0.1, -0.05) is 30.1 Å². The lowest BCUT2D eigenvalue weighted by atomic mass is 9.98. The number of piperidine rings is 1. The maximum absolute atomic E-state index is 12.8. The summed E-state index contributed by atoms with van der Waals surface area (Å²) in [6.45, 7) is 3.68. The van der Waals surface area contributed by atoms with E-state index in [2.05, 4.69) is 17.6 Å². The van der Waals surface area contributed by atoms with Crippen molar-refractivity contribution in [2.24, 2.45) is 5.92 Å². The quantitative estimate of drug-likeness (QED) is 0.276. The zero-order valence-corrected chi connectivity index (χ0v) is 21.0. The molecular formula is C26H24Cl2N4O4. The molecule has 0 radical (unpaired) electrons. The van der Waals surface area contributed by atoms with Gasteiger partial charge in [-0.05, 0) is 73.4 Å². The highest BCUT2D eigenvalue weighted by molar-refractivity contribution is 6.37. The molecule has 2 N–H and O–H groups in total. The van der Waals surface area contributed by atoms with E-state index >= 15 is 0 Å². The first-order valence-corrected chi connectivity index (χ1v) is 12.2. The second-order valence-corrected chi connectivity index (χ2v) is 9.58. The van der Waals surface area contributed by atoms with E-state index in [4.69, 9.17) is 23.2 Å². The van der Waals surface area contributed by atoms with E-state index in [0.717, 1.165) is 25.9 Å². The average molecular weight is 527 g/mol. The summed E-state index contributed by atoms with van der Waals surface area (Å²) in [5.74, 6) is -0.272. The van der Waals surface area contributed by atoms with Crippen LogP contribution in [-0.2, 0) is 0 Å². The number of carbonyl (C=O) groups is 2. The molecule has 0 aromatic heterocycles.